The molecule has 0 unspecified atom stereocenters. The van der Waals surface area contributed by atoms with Gasteiger partial charge >= 0.3 is 0 Å². The standard InChI is InChI=1S/C14H8S8/c1(9-15-5-6-16-9)3-11-19-13-14(20-11)22-12(21-13)4-2-10-17-7-8-18-10/h1-8H. The maximum atomic E-state index is 2.25. The lowest BCUT2D eigenvalue weighted by atomic mass is 10.6. The monoisotopic (exact) mass is 432 g/mol. The molecule has 0 fully saturated rings. The van der Waals surface area contributed by atoms with Crippen LogP contribution in [0, 0.1) is 0 Å². The van der Waals surface area contributed by atoms with E-state index in [0.29, 0.717) is 0 Å². The average Bonchev–Trinajstić information content (AvgIpc) is 3.26. The van der Waals surface area contributed by atoms with Gasteiger partial charge in [0.25, 0.3) is 0 Å². The third-order valence-corrected chi connectivity index (χ3v) is 12.0. The summed E-state index contributed by atoms with van der Waals surface area (Å²) in [4.78, 5) is 0. The van der Waals surface area contributed by atoms with Crippen LogP contribution in [0.5, 0.6) is 0 Å². The van der Waals surface area contributed by atoms with Crippen LogP contribution in [-0.4, -0.2) is 0 Å². The van der Waals surface area contributed by atoms with Crippen molar-refractivity contribution in [2.45, 2.75) is 0 Å². The van der Waals surface area contributed by atoms with Gasteiger partial charge in [0, 0.05) is 8.47 Å². The molecule has 0 aromatic heterocycles. The van der Waals surface area contributed by atoms with Gasteiger partial charge in [-0.25, -0.2) is 0 Å². The summed E-state index contributed by atoms with van der Waals surface area (Å²) in [6.07, 6.45) is 8.95. The number of allylic oxidation sites excluding steroid dienone is 4. The van der Waals surface area contributed by atoms with E-state index in [2.05, 4.69) is 45.9 Å². The van der Waals surface area contributed by atoms with Crippen molar-refractivity contribution in [3.63, 3.8) is 0 Å². The van der Waals surface area contributed by atoms with Crippen LogP contribution in [0.2, 0.25) is 0 Å². The Balaban J connectivity index is 1.35. The van der Waals surface area contributed by atoms with Gasteiger partial charge in [0.15, 0.2) is 0 Å². The zero-order chi connectivity index (χ0) is 14.8. The van der Waals surface area contributed by atoms with E-state index in [0.717, 1.165) is 0 Å². The minimum atomic E-state index is 1.36. The number of hydrogen-bond donors (Lipinski definition) is 0. The molecule has 0 aliphatic carbocycles. The molecule has 4 aliphatic heterocycles. The van der Waals surface area contributed by atoms with E-state index in [1.54, 1.807) is 47.0 Å². The molecule has 0 nitrogen and oxygen atoms in total. The van der Waals surface area contributed by atoms with Crippen LogP contribution in [0.4, 0.5) is 0 Å². The van der Waals surface area contributed by atoms with Gasteiger partial charge < -0.3 is 0 Å². The quantitative estimate of drug-likeness (QED) is 0.421. The van der Waals surface area contributed by atoms with Gasteiger partial charge in [0.05, 0.1) is 16.9 Å². The van der Waals surface area contributed by atoms with Gasteiger partial charge in [-0.05, 0) is 45.9 Å². The van der Waals surface area contributed by atoms with Gasteiger partial charge in [-0.1, -0.05) is 94.1 Å². The highest BCUT2D eigenvalue weighted by molar-refractivity contribution is 8.48. The minimum absolute atomic E-state index is 1.36. The second-order valence-corrected chi connectivity index (χ2v) is 13.5. The Kier molecular flexibility index (Phi) is 5.91. The molecule has 4 aliphatic rings. The zero-order valence-corrected chi connectivity index (χ0v) is 17.4. The first-order valence-corrected chi connectivity index (χ1v) is 12.9. The molecule has 0 atom stereocenters. The molecule has 0 amide bonds. The average molecular weight is 433 g/mol. The fourth-order valence-electron chi connectivity index (χ4n) is 1.62. The first kappa shape index (κ1) is 16.4. The van der Waals surface area contributed by atoms with Crippen LogP contribution >= 0.6 is 94.1 Å². The molecule has 0 bridgehead atoms. The Morgan fingerprint density at radius 1 is 0.455 bits per heavy atom. The smallest absolute Gasteiger partial charge is 0.0716 e. The van der Waals surface area contributed by atoms with Crippen LogP contribution in [0.3, 0.4) is 0 Å². The molecule has 4 rings (SSSR count). The molecular formula is C14H8S8. The Morgan fingerprint density at radius 3 is 1.14 bits per heavy atom. The summed E-state index contributed by atoms with van der Waals surface area (Å²) in [5, 5.41) is 8.54. The van der Waals surface area contributed by atoms with E-state index in [9.17, 15) is 0 Å². The third-order valence-electron chi connectivity index (χ3n) is 2.50. The molecule has 0 saturated heterocycles. The number of hydrogen-bond acceptors (Lipinski definition) is 8. The van der Waals surface area contributed by atoms with Crippen molar-refractivity contribution in [1.29, 1.82) is 0 Å². The second kappa shape index (κ2) is 7.91. The summed E-state index contributed by atoms with van der Waals surface area (Å²) in [5.74, 6) is 0. The molecule has 0 aromatic rings. The maximum Gasteiger partial charge on any atom is 0.0716 e. The lowest BCUT2D eigenvalue weighted by molar-refractivity contribution is 2.04. The van der Waals surface area contributed by atoms with Gasteiger partial charge in [0.2, 0.25) is 0 Å². The first-order chi connectivity index (χ1) is 10.9. The fraction of sp³-hybridized carbons (Fsp3) is 0. The van der Waals surface area contributed by atoms with E-state index in [4.69, 9.17) is 0 Å². The van der Waals surface area contributed by atoms with Crippen molar-refractivity contribution < 1.29 is 0 Å². The van der Waals surface area contributed by atoms with Crippen LogP contribution in [0.15, 0.2) is 71.4 Å². The molecular weight excluding hydrogens is 425 g/mol. The second-order valence-electron chi connectivity index (χ2n) is 3.94. The summed E-state index contributed by atoms with van der Waals surface area (Å²) in [7, 11) is 0. The van der Waals surface area contributed by atoms with Crippen LogP contribution in [-0.2, 0) is 0 Å². The lowest BCUT2D eigenvalue weighted by Crippen LogP contribution is -1.67. The molecule has 4 heterocycles. The molecule has 22 heavy (non-hydrogen) atoms. The highest BCUT2D eigenvalue weighted by atomic mass is 32.3. The third kappa shape index (κ3) is 4.14. The molecule has 0 spiro atoms. The molecule has 0 saturated carbocycles. The SMILES string of the molecule is C1=CSC(=CC=C2SC3=C(S2)SC(=CC=C2SC=CS2)S3)S1. The Hall–Kier alpha value is 0.980. The fourth-order valence-corrected chi connectivity index (χ4v) is 10.7. The molecule has 0 N–H and O–H groups in total. The van der Waals surface area contributed by atoms with Crippen molar-refractivity contribution in [1.82, 2.24) is 0 Å². The van der Waals surface area contributed by atoms with E-state index in [1.807, 2.05) is 47.0 Å². The summed E-state index contributed by atoms with van der Waals surface area (Å²) < 4.78 is 8.36. The Morgan fingerprint density at radius 2 is 0.773 bits per heavy atom. The van der Waals surface area contributed by atoms with Crippen molar-refractivity contribution >= 4 is 94.1 Å². The Bertz CT molecular complexity index is 604. The van der Waals surface area contributed by atoms with Gasteiger partial charge in [-0.3, -0.25) is 0 Å². The molecule has 8 heteroatoms. The number of thioether (sulfide) groups is 8. The molecule has 0 aromatic carbocycles. The van der Waals surface area contributed by atoms with Crippen LogP contribution < -0.4 is 0 Å². The normalized spacial score (nSPS) is 22.9. The molecule has 0 radical (unpaired) electrons. The Labute approximate surface area is 164 Å². The molecule has 112 valence electrons. The van der Waals surface area contributed by atoms with Crippen molar-refractivity contribution in [2.75, 3.05) is 0 Å². The highest BCUT2D eigenvalue weighted by Crippen LogP contribution is 2.66. The minimum Gasteiger partial charge on any atom is -0.0902 e. The van der Waals surface area contributed by atoms with Crippen molar-refractivity contribution in [2.24, 2.45) is 0 Å². The zero-order valence-electron chi connectivity index (χ0n) is 10.9. The van der Waals surface area contributed by atoms with Crippen LogP contribution in [0.1, 0.15) is 0 Å². The van der Waals surface area contributed by atoms with E-state index in [1.165, 1.54) is 25.4 Å². The van der Waals surface area contributed by atoms with Crippen molar-refractivity contribution in [3.8, 4) is 0 Å². The summed E-state index contributed by atoms with van der Waals surface area (Å²) in [6.45, 7) is 0. The predicted molar refractivity (Wildman–Crippen MR) is 118 cm³/mol. The lowest BCUT2D eigenvalue weighted by Gasteiger charge is -2.01. The summed E-state index contributed by atoms with van der Waals surface area (Å²) in [5.41, 5.74) is 0. The largest absolute Gasteiger partial charge is 0.0902 e. The summed E-state index contributed by atoms with van der Waals surface area (Å²) in [6, 6.07) is 0. The summed E-state index contributed by atoms with van der Waals surface area (Å²) >= 11 is 14.8. The first-order valence-electron chi connectivity index (χ1n) is 6.13. The van der Waals surface area contributed by atoms with Gasteiger partial charge in [-0.15, -0.1) is 0 Å². The number of rotatable bonds is 2. The van der Waals surface area contributed by atoms with Crippen molar-refractivity contribution in [3.05, 3.63) is 71.4 Å². The maximum absolute atomic E-state index is 2.25. The van der Waals surface area contributed by atoms with Crippen LogP contribution in [0.25, 0.3) is 0 Å². The van der Waals surface area contributed by atoms with E-state index < -0.39 is 0 Å². The van der Waals surface area contributed by atoms with E-state index >= 15 is 0 Å². The van der Waals surface area contributed by atoms with Gasteiger partial charge in [-0.2, -0.15) is 0 Å². The highest BCUT2D eigenvalue weighted by Gasteiger charge is 2.29. The van der Waals surface area contributed by atoms with E-state index in [-0.39, 0.29) is 0 Å². The predicted octanol–water partition coefficient (Wildman–Crippen LogP) is 8.34. The topological polar surface area (TPSA) is 0 Å². The van der Waals surface area contributed by atoms with Gasteiger partial charge in [0.1, 0.15) is 0 Å².